The zero-order valence-corrected chi connectivity index (χ0v) is 13.4. The van der Waals surface area contributed by atoms with Crippen LogP contribution in [0.5, 0.6) is 0 Å². The van der Waals surface area contributed by atoms with E-state index < -0.39 is 0 Å². The van der Waals surface area contributed by atoms with Gasteiger partial charge in [-0.15, -0.1) is 0 Å². The van der Waals surface area contributed by atoms with Crippen molar-refractivity contribution in [1.29, 1.82) is 0 Å². The van der Waals surface area contributed by atoms with Gasteiger partial charge in [0.1, 0.15) is 0 Å². The molecule has 1 aliphatic heterocycles. The molecule has 1 atom stereocenters. The largest absolute Gasteiger partial charge is 0.376 e. The SMILES string of the molecule is CC(C)(C)NCc1cc2ccccc2n1CC1CCCO1. The van der Waals surface area contributed by atoms with E-state index in [4.69, 9.17) is 4.74 Å². The predicted molar refractivity (Wildman–Crippen MR) is 87.5 cm³/mol. The lowest BCUT2D eigenvalue weighted by Crippen LogP contribution is -2.35. The topological polar surface area (TPSA) is 26.2 Å². The minimum atomic E-state index is 0.130. The van der Waals surface area contributed by atoms with Gasteiger partial charge in [-0.1, -0.05) is 18.2 Å². The van der Waals surface area contributed by atoms with Crippen LogP contribution in [0.1, 0.15) is 39.3 Å². The summed E-state index contributed by atoms with van der Waals surface area (Å²) >= 11 is 0. The van der Waals surface area contributed by atoms with Crippen LogP contribution in [0.3, 0.4) is 0 Å². The van der Waals surface area contributed by atoms with Gasteiger partial charge < -0.3 is 14.6 Å². The van der Waals surface area contributed by atoms with Gasteiger partial charge in [0.25, 0.3) is 0 Å². The van der Waals surface area contributed by atoms with Crippen molar-refractivity contribution in [3.63, 3.8) is 0 Å². The van der Waals surface area contributed by atoms with E-state index in [9.17, 15) is 0 Å². The Hall–Kier alpha value is -1.32. The third-order valence-electron chi connectivity index (χ3n) is 4.11. The molecule has 2 aromatic rings. The van der Waals surface area contributed by atoms with Crippen LogP contribution in [0.2, 0.25) is 0 Å². The average Bonchev–Trinajstić information content (AvgIpc) is 3.05. The maximum Gasteiger partial charge on any atom is 0.0754 e. The Morgan fingerprint density at radius 1 is 1.29 bits per heavy atom. The highest BCUT2D eigenvalue weighted by molar-refractivity contribution is 5.81. The third kappa shape index (κ3) is 3.47. The summed E-state index contributed by atoms with van der Waals surface area (Å²) in [6.07, 6.45) is 2.74. The van der Waals surface area contributed by atoms with Crippen LogP contribution in [-0.4, -0.2) is 22.8 Å². The molecule has 114 valence electrons. The average molecular weight is 286 g/mol. The van der Waals surface area contributed by atoms with Crippen molar-refractivity contribution in [1.82, 2.24) is 9.88 Å². The first-order valence-corrected chi connectivity index (χ1v) is 7.97. The van der Waals surface area contributed by atoms with Gasteiger partial charge in [-0.3, -0.25) is 0 Å². The van der Waals surface area contributed by atoms with Crippen LogP contribution in [0.15, 0.2) is 30.3 Å². The molecule has 3 rings (SSSR count). The molecule has 0 amide bonds. The number of aromatic nitrogens is 1. The number of benzene rings is 1. The molecule has 0 aliphatic carbocycles. The number of ether oxygens (including phenoxy) is 1. The molecule has 1 aromatic carbocycles. The van der Waals surface area contributed by atoms with Gasteiger partial charge in [-0.05, 0) is 51.1 Å². The summed E-state index contributed by atoms with van der Waals surface area (Å²) in [4.78, 5) is 0. The molecule has 3 nitrogen and oxygen atoms in total. The number of hydrogen-bond acceptors (Lipinski definition) is 2. The van der Waals surface area contributed by atoms with E-state index in [0.717, 1.165) is 19.7 Å². The first-order chi connectivity index (χ1) is 10.0. The van der Waals surface area contributed by atoms with Crippen molar-refractivity contribution in [2.24, 2.45) is 0 Å². The van der Waals surface area contributed by atoms with Gasteiger partial charge in [0.2, 0.25) is 0 Å². The van der Waals surface area contributed by atoms with Gasteiger partial charge in [-0.2, -0.15) is 0 Å². The van der Waals surface area contributed by atoms with Crippen molar-refractivity contribution in [2.45, 2.75) is 58.3 Å². The number of fused-ring (bicyclic) bond motifs is 1. The fourth-order valence-electron chi connectivity index (χ4n) is 2.98. The van der Waals surface area contributed by atoms with E-state index in [1.165, 1.54) is 29.4 Å². The van der Waals surface area contributed by atoms with E-state index in [1.807, 2.05) is 0 Å². The van der Waals surface area contributed by atoms with Gasteiger partial charge in [0.05, 0.1) is 6.10 Å². The highest BCUT2D eigenvalue weighted by Gasteiger charge is 2.19. The van der Waals surface area contributed by atoms with E-state index >= 15 is 0 Å². The Balaban J connectivity index is 1.89. The van der Waals surface area contributed by atoms with Crippen molar-refractivity contribution in [3.8, 4) is 0 Å². The normalized spacial score (nSPS) is 19.5. The van der Waals surface area contributed by atoms with Crippen LogP contribution in [0, 0.1) is 0 Å². The van der Waals surface area contributed by atoms with E-state index in [1.54, 1.807) is 0 Å². The molecule has 0 bridgehead atoms. The van der Waals surface area contributed by atoms with Crippen LogP contribution in [0.25, 0.3) is 10.9 Å². The molecular formula is C18H26N2O. The molecule has 1 N–H and O–H groups in total. The standard InChI is InChI=1S/C18H26N2O/c1-18(2,3)19-12-15-11-14-7-4-5-9-17(14)20(15)13-16-8-6-10-21-16/h4-5,7,9,11,16,19H,6,8,10,12-13H2,1-3H3. The Labute approximate surface area is 127 Å². The highest BCUT2D eigenvalue weighted by atomic mass is 16.5. The summed E-state index contributed by atoms with van der Waals surface area (Å²) in [6, 6.07) is 10.9. The summed E-state index contributed by atoms with van der Waals surface area (Å²) < 4.78 is 8.27. The lowest BCUT2D eigenvalue weighted by molar-refractivity contribution is 0.0972. The van der Waals surface area contributed by atoms with Crippen molar-refractivity contribution < 1.29 is 4.74 Å². The summed E-state index contributed by atoms with van der Waals surface area (Å²) in [5.74, 6) is 0. The number of nitrogens with one attached hydrogen (secondary N) is 1. The minimum Gasteiger partial charge on any atom is -0.376 e. The third-order valence-corrected chi connectivity index (χ3v) is 4.11. The molecular weight excluding hydrogens is 260 g/mol. The predicted octanol–water partition coefficient (Wildman–Crippen LogP) is 3.71. The molecule has 1 fully saturated rings. The lowest BCUT2D eigenvalue weighted by atomic mass is 10.1. The fourth-order valence-corrected chi connectivity index (χ4v) is 2.98. The Morgan fingerprint density at radius 2 is 2.10 bits per heavy atom. The second kappa shape index (κ2) is 5.82. The molecule has 0 radical (unpaired) electrons. The molecule has 1 aromatic heterocycles. The molecule has 3 heteroatoms. The molecule has 0 spiro atoms. The first-order valence-electron chi connectivity index (χ1n) is 7.97. The lowest BCUT2D eigenvalue weighted by Gasteiger charge is -2.22. The van der Waals surface area contributed by atoms with Crippen LogP contribution in [-0.2, 0) is 17.8 Å². The van der Waals surface area contributed by atoms with E-state index in [-0.39, 0.29) is 5.54 Å². The summed E-state index contributed by atoms with van der Waals surface area (Å²) in [5, 5.41) is 4.92. The van der Waals surface area contributed by atoms with Gasteiger partial charge >= 0.3 is 0 Å². The molecule has 1 aliphatic rings. The number of hydrogen-bond donors (Lipinski definition) is 1. The second-order valence-electron chi connectivity index (χ2n) is 7.04. The molecule has 1 saturated heterocycles. The van der Waals surface area contributed by atoms with E-state index in [2.05, 4.69) is 61.0 Å². The van der Waals surface area contributed by atoms with Gasteiger partial charge in [0, 0.05) is 36.4 Å². The van der Waals surface area contributed by atoms with Crippen molar-refractivity contribution >= 4 is 10.9 Å². The number of rotatable bonds is 4. The number of para-hydroxylation sites is 1. The maximum atomic E-state index is 5.83. The van der Waals surface area contributed by atoms with Crippen LogP contribution >= 0.6 is 0 Å². The summed E-state index contributed by atoms with van der Waals surface area (Å²) in [5.41, 5.74) is 2.80. The molecule has 0 saturated carbocycles. The van der Waals surface area contributed by atoms with Crippen molar-refractivity contribution in [3.05, 3.63) is 36.0 Å². The molecule has 2 heterocycles. The smallest absolute Gasteiger partial charge is 0.0754 e. The Bertz CT molecular complexity index is 603. The summed E-state index contributed by atoms with van der Waals surface area (Å²) in [6.45, 7) is 9.40. The molecule has 1 unspecified atom stereocenters. The van der Waals surface area contributed by atoms with Crippen molar-refractivity contribution in [2.75, 3.05) is 6.61 Å². The van der Waals surface area contributed by atoms with Crippen LogP contribution in [0.4, 0.5) is 0 Å². The molecule has 21 heavy (non-hydrogen) atoms. The Morgan fingerprint density at radius 3 is 2.81 bits per heavy atom. The zero-order chi connectivity index (χ0) is 14.9. The first kappa shape index (κ1) is 14.6. The quantitative estimate of drug-likeness (QED) is 0.927. The number of nitrogens with zero attached hydrogens (tertiary/aromatic N) is 1. The van der Waals surface area contributed by atoms with Gasteiger partial charge in [-0.25, -0.2) is 0 Å². The van der Waals surface area contributed by atoms with E-state index in [0.29, 0.717) is 6.10 Å². The minimum absolute atomic E-state index is 0.130. The monoisotopic (exact) mass is 286 g/mol. The van der Waals surface area contributed by atoms with Crippen LogP contribution < -0.4 is 5.32 Å². The summed E-state index contributed by atoms with van der Waals surface area (Å²) in [7, 11) is 0. The highest BCUT2D eigenvalue weighted by Crippen LogP contribution is 2.23. The zero-order valence-electron chi connectivity index (χ0n) is 13.4. The maximum absolute atomic E-state index is 5.83. The fraction of sp³-hybridized carbons (Fsp3) is 0.556. The Kier molecular flexibility index (Phi) is 4.05. The second-order valence-corrected chi connectivity index (χ2v) is 7.04. The van der Waals surface area contributed by atoms with Gasteiger partial charge in [0.15, 0.2) is 0 Å².